The molecule has 0 aliphatic heterocycles. The number of rotatable bonds is 4. The van der Waals surface area contributed by atoms with Crippen LogP contribution in [0, 0.1) is 11.3 Å². The van der Waals surface area contributed by atoms with Gasteiger partial charge in [-0.05, 0) is 37.0 Å². The number of hydrogen-bond acceptors (Lipinski definition) is 2. The maximum Gasteiger partial charge on any atom is 0.335 e. The van der Waals surface area contributed by atoms with Gasteiger partial charge in [0.05, 0.1) is 0 Å². The first kappa shape index (κ1) is 13.5. The lowest BCUT2D eigenvalue weighted by atomic mass is 9.66. The van der Waals surface area contributed by atoms with Gasteiger partial charge in [0.15, 0.2) is 5.60 Å². The molecule has 1 rings (SSSR count). The summed E-state index contributed by atoms with van der Waals surface area (Å²) in [7, 11) is 0. The van der Waals surface area contributed by atoms with Gasteiger partial charge in [-0.15, -0.1) is 0 Å². The molecule has 0 heterocycles. The highest BCUT2D eigenvalue weighted by Crippen LogP contribution is 2.44. The Morgan fingerprint density at radius 2 is 2.12 bits per heavy atom. The molecular weight excluding hydrogens is 204 g/mol. The van der Waals surface area contributed by atoms with Crippen LogP contribution in [-0.4, -0.2) is 21.8 Å². The molecule has 0 aromatic rings. The normalized spacial score (nSPS) is 28.4. The lowest BCUT2D eigenvalue weighted by molar-refractivity contribution is -0.169. The van der Waals surface area contributed by atoms with Crippen molar-refractivity contribution in [2.24, 2.45) is 11.3 Å². The second kappa shape index (κ2) is 4.74. The van der Waals surface area contributed by atoms with Crippen LogP contribution in [0.3, 0.4) is 0 Å². The van der Waals surface area contributed by atoms with Crippen LogP contribution in [0.5, 0.6) is 0 Å². The van der Waals surface area contributed by atoms with E-state index in [4.69, 9.17) is 0 Å². The fraction of sp³-hybridized carbons (Fsp3) is 0.923. The smallest absolute Gasteiger partial charge is 0.335 e. The number of carboxylic acids is 1. The molecule has 0 spiro atoms. The van der Waals surface area contributed by atoms with E-state index in [1.54, 1.807) is 0 Å². The van der Waals surface area contributed by atoms with Crippen LogP contribution in [0.15, 0.2) is 0 Å². The van der Waals surface area contributed by atoms with Gasteiger partial charge < -0.3 is 10.2 Å². The van der Waals surface area contributed by atoms with Crippen molar-refractivity contribution in [3.63, 3.8) is 0 Å². The molecule has 1 saturated carbocycles. The highest BCUT2D eigenvalue weighted by Gasteiger charge is 2.46. The fourth-order valence-electron chi connectivity index (χ4n) is 2.97. The molecule has 94 valence electrons. The van der Waals surface area contributed by atoms with Gasteiger partial charge in [-0.2, -0.15) is 0 Å². The van der Waals surface area contributed by atoms with Gasteiger partial charge >= 0.3 is 5.97 Å². The van der Waals surface area contributed by atoms with E-state index in [-0.39, 0.29) is 11.3 Å². The van der Waals surface area contributed by atoms with Crippen LogP contribution >= 0.6 is 0 Å². The molecule has 0 saturated heterocycles. The summed E-state index contributed by atoms with van der Waals surface area (Å²) >= 11 is 0. The van der Waals surface area contributed by atoms with Crippen LogP contribution in [0.25, 0.3) is 0 Å². The van der Waals surface area contributed by atoms with E-state index >= 15 is 0 Å². The van der Waals surface area contributed by atoms with Crippen molar-refractivity contribution in [3.05, 3.63) is 0 Å². The predicted molar refractivity (Wildman–Crippen MR) is 63.2 cm³/mol. The van der Waals surface area contributed by atoms with Crippen LogP contribution < -0.4 is 0 Å². The third-order valence-corrected chi connectivity index (χ3v) is 3.88. The Labute approximate surface area is 97.9 Å². The van der Waals surface area contributed by atoms with Gasteiger partial charge in [0, 0.05) is 0 Å². The average molecular weight is 228 g/mol. The third-order valence-electron chi connectivity index (χ3n) is 3.88. The molecule has 0 aromatic heterocycles. The predicted octanol–water partition coefficient (Wildman–Crippen LogP) is 2.82. The Morgan fingerprint density at radius 1 is 1.50 bits per heavy atom. The summed E-state index contributed by atoms with van der Waals surface area (Å²) in [5, 5.41) is 19.6. The molecule has 1 aliphatic rings. The van der Waals surface area contributed by atoms with Crippen molar-refractivity contribution in [1.29, 1.82) is 0 Å². The first-order valence-electron chi connectivity index (χ1n) is 6.27. The first-order chi connectivity index (χ1) is 7.32. The van der Waals surface area contributed by atoms with E-state index in [9.17, 15) is 15.0 Å². The van der Waals surface area contributed by atoms with E-state index in [0.717, 1.165) is 25.7 Å². The number of carboxylic acid groups (broad SMARTS) is 1. The SMILES string of the molecule is CCCC(O)(C(=O)O)C1CCCC(C)(C)C1. The molecule has 2 N–H and O–H groups in total. The summed E-state index contributed by atoms with van der Waals surface area (Å²) in [4.78, 5) is 11.3. The molecule has 0 aromatic carbocycles. The topological polar surface area (TPSA) is 57.5 Å². The van der Waals surface area contributed by atoms with Crippen molar-refractivity contribution in [3.8, 4) is 0 Å². The summed E-state index contributed by atoms with van der Waals surface area (Å²) in [5.74, 6) is -1.13. The van der Waals surface area contributed by atoms with Crippen molar-refractivity contribution in [2.45, 2.75) is 64.9 Å². The maximum absolute atomic E-state index is 11.3. The van der Waals surface area contributed by atoms with Gasteiger partial charge in [-0.25, -0.2) is 4.79 Å². The molecule has 3 nitrogen and oxygen atoms in total. The summed E-state index contributed by atoms with van der Waals surface area (Å²) in [5.41, 5.74) is -1.34. The lowest BCUT2D eigenvalue weighted by Gasteiger charge is -2.41. The van der Waals surface area contributed by atoms with E-state index in [1.165, 1.54) is 0 Å². The molecule has 0 bridgehead atoms. The van der Waals surface area contributed by atoms with Gasteiger partial charge in [0.1, 0.15) is 0 Å². The van der Waals surface area contributed by atoms with Gasteiger partial charge in [-0.1, -0.05) is 33.6 Å². The number of aliphatic carboxylic acids is 1. The first-order valence-corrected chi connectivity index (χ1v) is 6.27. The number of hydrogen-bond donors (Lipinski definition) is 2. The zero-order valence-corrected chi connectivity index (χ0v) is 10.6. The Bertz CT molecular complexity index is 260. The second-order valence-corrected chi connectivity index (χ2v) is 5.94. The Morgan fingerprint density at radius 3 is 2.56 bits per heavy atom. The number of aliphatic hydroxyl groups is 1. The highest BCUT2D eigenvalue weighted by molar-refractivity contribution is 5.77. The quantitative estimate of drug-likeness (QED) is 0.778. The molecule has 0 amide bonds. The molecule has 2 atom stereocenters. The highest BCUT2D eigenvalue weighted by atomic mass is 16.4. The van der Waals surface area contributed by atoms with Crippen molar-refractivity contribution in [1.82, 2.24) is 0 Å². The van der Waals surface area contributed by atoms with Crippen molar-refractivity contribution in [2.75, 3.05) is 0 Å². The molecule has 1 aliphatic carbocycles. The molecule has 0 radical (unpaired) electrons. The number of carbonyl (C=O) groups is 1. The Hall–Kier alpha value is -0.570. The standard InChI is InChI=1S/C13H24O3/c1-4-7-13(16,11(14)15)10-6-5-8-12(2,3)9-10/h10,16H,4-9H2,1-3H3,(H,14,15). The molecule has 1 fully saturated rings. The Balaban J connectivity index is 2.82. The third kappa shape index (κ3) is 2.76. The summed E-state index contributed by atoms with van der Waals surface area (Å²) in [6.07, 6.45) is 4.88. The zero-order valence-electron chi connectivity index (χ0n) is 10.6. The summed E-state index contributed by atoms with van der Waals surface area (Å²) in [6.45, 7) is 6.24. The fourth-order valence-corrected chi connectivity index (χ4v) is 2.97. The minimum atomic E-state index is -1.51. The average Bonchev–Trinajstić information content (AvgIpc) is 2.16. The molecule has 3 heteroatoms. The van der Waals surface area contributed by atoms with Crippen LogP contribution in [-0.2, 0) is 4.79 Å². The van der Waals surface area contributed by atoms with Crippen molar-refractivity contribution >= 4 is 5.97 Å². The minimum absolute atomic E-state index is 0.0892. The summed E-state index contributed by atoms with van der Waals surface area (Å²) in [6, 6.07) is 0. The van der Waals surface area contributed by atoms with Crippen molar-refractivity contribution < 1.29 is 15.0 Å². The second-order valence-electron chi connectivity index (χ2n) is 5.94. The largest absolute Gasteiger partial charge is 0.479 e. The van der Waals surface area contributed by atoms with Crippen LogP contribution in [0.2, 0.25) is 0 Å². The van der Waals surface area contributed by atoms with E-state index in [2.05, 4.69) is 13.8 Å². The van der Waals surface area contributed by atoms with E-state index < -0.39 is 11.6 Å². The van der Waals surface area contributed by atoms with Gasteiger partial charge in [0.2, 0.25) is 0 Å². The van der Waals surface area contributed by atoms with Gasteiger partial charge in [-0.3, -0.25) is 0 Å². The van der Waals surface area contributed by atoms with Gasteiger partial charge in [0.25, 0.3) is 0 Å². The van der Waals surface area contributed by atoms with Crippen LogP contribution in [0.1, 0.15) is 59.3 Å². The lowest BCUT2D eigenvalue weighted by Crippen LogP contribution is -2.48. The molecule has 16 heavy (non-hydrogen) atoms. The van der Waals surface area contributed by atoms with Crippen LogP contribution in [0.4, 0.5) is 0 Å². The van der Waals surface area contributed by atoms with E-state index in [1.807, 2.05) is 6.92 Å². The monoisotopic (exact) mass is 228 g/mol. The minimum Gasteiger partial charge on any atom is -0.479 e. The molecular formula is C13H24O3. The molecule has 2 unspecified atom stereocenters. The zero-order chi connectivity index (χ0) is 12.4. The maximum atomic E-state index is 11.3. The van der Waals surface area contributed by atoms with E-state index in [0.29, 0.717) is 12.8 Å². The summed E-state index contributed by atoms with van der Waals surface area (Å²) < 4.78 is 0. The Kier molecular flexibility index (Phi) is 4.00.